The fraction of sp³-hybridized carbons (Fsp3) is 0.455. The van der Waals surface area contributed by atoms with Gasteiger partial charge in [-0.15, -0.1) is 11.3 Å². The van der Waals surface area contributed by atoms with Crippen LogP contribution in [0.2, 0.25) is 0 Å². The Bertz CT molecular complexity index is 1860. The first-order chi connectivity index (χ1) is 23.0. The van der Waals surface area contributed by atoms with Gasteiger partial charge in [0, 0.05) is 54.5 Å². The number of nitrogens with one attached hydrogen (secondary N) is 1. The summed E-state index contributed by atoms with van der Waals surface area (Å²) in [5.41, 5.74) is -3.61. The van der Waals surface area contributed by atoms with Crippen LogP contribution in [0.15, 0.2) is 48.5 Å². The van der Waals surface area contributed by atoms with E-state index < -0.39 is 42.7 Å². The van der Waals surface area contributed by atoms with Gasteiger partial charge in [-0.25, -0.2) is 0 Å². The molecule has 3 atom stereocenters. The molecule has 262 valence electrons. The molecule has 0 aliphatic carbocycles. The van der Waals surface area contributed by atoms with E-state index in [1.54, 1.807) is 11.9 Å². The van der Waals surface area contributed by atoms with Crippen LogP contribution in [0, 0.1) is 0 Å². The summed E-state index contributed by atoms with van der Waals surface area (Å²) in [7, 11) is -4.14. The van der Waals surface area contributed by atoms with Crippen molar-refractivity contribution in [3.05, 3.63) is 64.5 Å². The number of nitrogens with zero attached hydrogens (tertiary/aromatic N) is 3. The molecule has 3 saturated heterocycles. The van der Waals surface area contributed by atoms with Gasteiger partial charge < -0.3 is 34.5 Å². The molecule has 0 unspecified atom stereocenters. The molecule has 3 aliphatic heterocycles. The minimum absolute atomic E-state index is 0.0620. The number of amides is 4. The van der Waals surface area contributed by atoms with E-state index >= 15 is 0 Å². The first kappa shape index (κ1) is 35.1. The van der Waals surface area contributed by atoms with Crippen molar-refractivity contribution >= 4 is 58.3 Å². The molecule has 3 fully saturated rings. The quantitative estimate of drug-likeness (QED) is 0.312. The lowest BCUT2D eigenvalue weighted by atomic mass is 9.81. The summed E-state index contributed by atoms with van der Waals surface area (Å²) in [4.78, 5) is 77.1. The second-order valence-electron chi connectivity index (χ2n) is 13.2. The molecule has 3 N–H and O–H groups in total. The summed E-state index contributed by atoms with van der Waals surface area (Å²) in [6.45, 7) is 4.93. The van der Waals surface area contributed by atoms with Gasteiger partial charge in [0.05, 0.1) is 18.1 Å². The number of fused-ring (bicyclic) bond motifs is 2. The van der Waals surface area contributed by atoms with Gasteiger partial charge in [0.1, 0.15) is 12.1 Å². The average Bonchev–Trinajstić information content (AvgIpc) is 3.66. The van der Waals surface area contributed by atoms with Gasteiger partial charge in [-0.3, -0.25) is 23.7 Å². The standard InChI is InChI=1S/C33H37F2N4O8PS/c1-19(40)38-13-12-24-9-10-26(31(43)37(3)23-7-4-21(5-8-23)32(2)17-47-18-32)39(24)30(42)25(16-38)36-29(41)28-15-20-14-22(6-11-27(20)49-28)33(34,35)48(44,45)46/h4-8,11,14-15,24-26H,9-10,12-13,16-18H2,1-3H3,(H,36,41)(H2,44,45,46)/t24-,25+,26+/m1/s1. The number of rotatable bonds is 7. The van der Waals surface area contributed by atoms with Crippen LogP contribution in [0.5, 0.6) is 0 Å². The number of halogens is 2. The van der Waals surface area contributed by atoms with E-state index in [-0.39, 0.29) is 40.1 Å². The van der Waals surface area contributed by atoms with Crippen molar-refractivity contribution in [2.24, 2.45) is 0 Å². The lowest BCUT2D eigenvalue weighted by Crippen LogP contribution is -2.61. The monoisotopic (exact) mass is 718 g/mol. The largest absolute Gasteiger partial charge is 0.399 e. The minimum Gasteiger partial charge on any atom is -0.379 e. The summed E-state index contributed by atoms with van der Waals surface area (Å²) < 4.78 is 45.9. The van der Waals surface area contributed by atoms with E-state index in [1.807, 2.05) is 24.3 Å². The Balaban J connectivity index is 1.23. The molecule has 2 aromatic carbocycles. The van der Waals surface area contributed by atoms with Crippen LogP contribution in [-0.2, 0) is 34.8 Å². The topological polar surface area (TPSA) is 157 Å². The summed E-state index contributed by atoms with van der Waals surface area (Å²) in [6.07, 6.45) is 1.41. The summed E-state index contributed by atoms with van der Waals surface area (Å²) in [6, 6.07) is 9.69. The smallest absolute Gasteiger partial charge is 0.379 e. The lowest BCUT2D eigenvalue weighted by molar-refractivity contribution is -0.144. The number of benzene rings is 2. The third kappa shape index (κ3) is 6.50. The number of thiophene rings is 1. The van der Waals surface area contributed by atoms with E-state index in [1.165, 1.54) is 28.9 Å². The maximum Gasteiger partial charge on any atom is 0.399 e. The van der Waals surface area contributed by atoms with Crippen LogP contribution in [0.3, 0.4) is 0 Å². The molecular weight excluding hydrogens is 681 g/mol. The van der Waals surface area contributed by atoms with E-state index in [0.29, 0.717) is 49.4 Å². The van der Waals surface area contributed by atoms with Crippen molar-refractivity contribution in [2.75, 3.05) is 38.3 Å². The van der Waals surface area contributed by atoms with E-state index in [0.717, 1.165) is 29.0 Å². The van der Waals surface area contributed by atoms with E-state index in [2.05, 4.69) is 12.2 Å². The third-order valence-corrected chi connectivity index (χ3v) is 11.9. The second-order valence-corrected chi connectivity index (χ2v) is 16.0. The van der Waals surface area contributed by atoms with Crippen LogP contribution >= 0.6 is 18.9 Å². The first-order valence-corrected chi connectivity index (χ1v) is 18.2. The molecule has 0 bridgehead atoms. The van der Waals surface area contributed by atoms with Crippen molar-refractivity contribution in [1.29, 1.82) is 0 Å². The van der Waals surface area contributed by atoms with Crippen molar-refractivity contribution in [3.63, 3.8) is 0 Å². The highest BCUT2D eigenvalue weighted by Crippen LogP contribution is 2.59. The molecule has 3 aliphatic rings. The Morgan fingerprint density at radius 3 is 2.39 bits per heavy atom. The van der Waals surface area contributed by atoms with Crippen molar-refractivity contribution in [2.45, 2.75) is 62.3 Å². The molecule has 16 heteroatoms. The number of ether oxygens (including phenoxy) is 1. The first-order valence-electron chi connectivity index (χ1n) is 15.8. The molecule has 49 heavy (non-hydrogen) atoms. The Kier molecular flexibility index (Phi) is 9.20. The second kappa shape index (κ2) is 12.9. The number of carbonyl (C=O) groups excluding carboxylic acids is 4. The molecule has 0 spiro atoms. The van der Waals surface area contributed by atoms with Crippen LogP contribution < -0.4 is 10.2 Å². The van der Waals surface area contributed by atoms with Crippen molar-refractivity contribution < 1.29 is 47.0 Å². The fourth-order valence-corrected chi connectivity index (χ4v) is 8.18. The highest BCUT2D eigenvalue weighted by molar-refractivity contribution is 7.52. The summed E-state index contributed by atoms with van der Waals surface area (Å²) >= 11 is 0.948. The zero-order chi connectivity index (χ0) is 35.5. The fourth-order valence-electron chi connectivity index (χ4n) is 6.76. The van der Waals surface area contributed by atoms with Gasteiger partial charge in [-0.05, 0) is 60.5 Å². The van der Waals surface area contributed by atoms with E-state index in [4.69, 9.17) is 14.5 Å². The molecule has 12 nitrogen and oxygen atoms in total. The Morgan fingerprint density at radius 2 is 1.78 bits per heavy atom. The molecule has 4 amide bonds. The molecule has 0 saturated carbocycles. The van der Waals surface area contributed by atoms with Crippen molar-refractivity contribution in [3.8, 4) is 0 Å². The molecule has 6 rings (SSSR count). The van der Waals surface area contributed by atoms with Gasteiger partial charge in [-0.1, -0.05) is 25.1 Å². The summed E-state index contributed by atoms with van der Waals surface area (Å²) in [5.74, 6) is -1.76. The van der Waals surface area contributed by atoms with E-state index in [9.17, 15) is 32.5 Å². The molecule has 4 heterocycles. The highest BCUT2D eigenvalue weighted by Gasteiger charge is 2.50. The molecule has 0 radical (unpaired) electrons. The Hall–Kier alpha value is -3.75. The number of likely N-dealkylation sites (N-methyl/N-ethyl adjacent to an activating group) is 1. The lowest BCUT2D eigenvalue weighted by Gasteiger charge is -2.39. The van der Waals surface area contributed by atoms with Crippen molar-refractivity contribution in [1.82, 2.24) is 15.1 Å². The third-order valence-electron chi connectivity index (χ3n) is 9.80. The molecule has 3 aromatic rings. The Morgan fingerprint density at radius 1 is 1.08 bits per heavy atom. The van der Waals surface area contributed by atoms with Gasteiger partial charge in [0.2, 0.25) is 17.7 Å². The van der Waals surface area contributed by atoms with Crippen LogP contribution in [0.1, 0.15) is 53.9 Å². The van der Waals surface area contributed by atoms with Crippen LogP contribution in [-0.4, -0.2) is 94.7 Å². The maximum absolute atomic E-state index is 14.4. The molecular formula is C33H37F2N4O8PS. The zero-order valence-corrected chi connectivity index (χ0v) is 28.8. The predicted octanol–water partition coefficient (Wildman–Crippen LogP) is 3.79. The zero-order valence-electron chi connectivity index (χ0n) is 27.1. The summed E-state index contributed by atoms with van der Waals surface area (Å²) in [5, 5.41) is 2.87. The number of hydrogen-bond acceptors (Lipinski definition) is 7. The van der Waals surface area contributed by atoms with Gasteiger partial charge in [0.25, 0.3) is 5.91 Å². The SMILES string of the molecule is CC(=O)N1CC[C@H]2CC[C@@H](C(=O)N(C)c3ccc(C4(C)COC4)cc3)N2C(=O)[C@@H](NC(=O)c2cc3cc(C(F)(F)P(=O)(O)O)ccc3s2)C1. The number of carbonyl (C=O) groups is 4. The van der Waals surface area contributed by atoms with Crippen LogP contribution in [0.4, 0.5) is 14.5 Å². The van der Waals surface area contributed by atoms with Gasteiger partial charge in [-0.2, -0.15) is 8.78 Å². The average molecular weight is 719 g/mol. The normalized spacial score (nSPS) is 22.6. The molecule has 1 aromatic heterocycles. The number of hydrogen-bond donors (Lipinski definition) is 3. The Labute approximate surface area is 285 Å². The maximum atomic E-state index is 14.4. The number of alkyl halides is 2. The number of anilines is 1. The highest BCUT2D eigenvalue weighted by atomic mass is 32.1. The van der Waals surface area contributed by atoms with Gasteiger partial charge >= 0.3 is 13.3 Å². The minimum atomic E-state index is -5.80. The van der Waals surface area contributed by atoms with Gasteiger partial charge in [0.15, 0.2) is 0 Å². The predicted molar refractivity (Wildman–Crippen MR) is 178 cm³/mol. The van der Waals surface area contributed by atoms with Crippen LogP contribution in [0.25, 0.3) is 10.1 Å².